The number of fused-ring (bicyclic) bond motifs is 7. The van der Waals surface area contributed by atoms with Crippen LogP contribution in [0.15, 0.2) is 138 Å². The van der Waals surface area contributed by atoms with Gasteiger partial charge in [-0.05, 0) is 63.5 Å². The Balaban J connectivity index is 1.26. The van der Waals surface area contributed by atoms with Gasteiger partial charge in [-0.2, -0.15) is 0 Å². The third kappa shape index (κ3) is 3.61. The van der Waals surface area contributed by atoms with Crippen molar-refractivity contribution in [2.75, 3.05) is 0 Å². The molecule has 208 valence electrons. The van der Waals surface area contributed by atoms with Crippen molar-refractivity contribution in [1.29, 1.82) is 0 Å². The number of aromatic nitrogens is 4. The third-order valence-corrected chi connectivity index (χ3v) is 8.87. The quantitative estimate of drug-likeness (QED) is 0.210. The van der Waals surface area contributed by atoms with E-state index in [1.54, 1.807) is 0 Å². The second-order valence-electron chi connectivity index (χ2n) is 11.5. The van der Waals surface area contributed by atoms with Crippen molar-refractivity contribution in [3.8, 4) is 56.5 Å². The van der Waals surface area contributed by atoms with Gasteiger partial charge in [0.15, 0.2) is 17.5 Å². The summed E-state index contributed by atoms with van der Waals surface area (Å²) in [5.74, 6) is 1.85. The summed E-state index contributed by atoms with van der Waals surface area (Å²) >= 11 is 0. The summed E-state index contributed by atoms with van der Waals surface area (Å²) in [5, 5.41) is 6.69. The van der Waals surface area contributed by atoms with Gasteiger partial charge in [0.25, 0.3) is 0 Å². The van der Waals surface area contributed by atoms with Crippen LogP contribution < -0.4 is 0 Å². The Morgan fingerprint density at radius 3 is 2.09 bits per heavy atom. The number of hydrogen-bond donors (Lipinski definition) is 0. The van der Waals surface area contributed by atoms with Gasteiger partial charge in [-0.3, -0.25) is 4.98 Å². The smallest absolute Gasteiger partial charge is 0.164 e. The van der Waals surface area contributed by atoms with Gasteiger partial charge >= 0.3 is 0 Å². The Kier molecular flexibility index (Phi) is 4.93. The Labute approximate surface area is 257 Å². The normalized spacial score (nSPS) is 12.0. The SMILES string of the molecule is c1cnc2c(c1)-c1cc(-c3nc(-c4ccc5ccccc5c4)nc(-c4cccc5oc6ccccc6c45)n3)cc3cccc-2c13. The van der Waals surface area contributed by atoms with Crippen LogP contribution in [-0.4, -0.2) is 19.9 Å². The fraction of sp³-hybridized carbons (Fsp3) is 0. The molecule has 0 bridgehead atoms. The molecule has 1 aliphatic rings. The highest BCUT2D eigenvalue weighted by molar-refractivity contribution is 6.15. The Bertz CT molecular complexity index is 2670. The summed E-state index contributed by atoms with van der Waals surface area (Å²) in [4.78, 5) is 20.2. The van der Waals surface area contributed by atoms with Crippen LogP contribution in [0.4, 0.5) is 0 Å². The van der Waals surface area contributed by atoms with Gasteiger partial charge in [-0.25, -0.2) is 15.0 Å². The first-order chi connectivity index (χ1) is 22.3. The second-order valence-corrected chi connectivity index (χ2v) is 11.5. The number of benzene rings is 6. The molecule has 10 rings (SSSR count). The van der Waals surface area contributed by atoms with Gasteiger partial charge in [-0.15, -0.1) is 0 Å². The monoisotopic (exact) mass is 574 g/mol. The first-order valence-corrected chi connectivity index (χ1v) is 15.0. The zero-order chi connectivity index (χ0) is 29.5. The summed E-state index contributed by atoms with van der Waals surface area (Å²) < 4.78 is 6.23. The lowest BCUT2D eigenvalue weighted by atomic mass is 9.99. The number of nitrogens with zero attached hydrogens (tertiary/aromatic N) is 4. The van der Waals surface area contributed by atoms with Gasteiger partial charge in [0.2, 0.25) is 0 Å². The number of furan rings is 1. The molecule has 0 saturated heterocycles. The molecule has 0 amide bonds. The van der Waals surface area contributed by atoms with Crippen molar-refractivity contribution in [2.24, 2.45) is 0 Å². The lowest BCUT2D eigenvalue weighted by Crippen LogP contribution is -2.00. The minimum Gasteiger partial charge on any atom is -0.456 e. The topological polar surface area (TPSA) is 64.7 Å². The van der Waals surface area contributed by atoms with Crippen LogP contribution in [-0.2, 0) is 0 Å². The molecule has 5 nitrogen and oxygen atoms in total. The zero-order valence-electron chi connectivity index (χ0n) is 23.9. The molecule has 3 aromatic heterocycles. The lowest BCUT2D eigenvalue weighted by Gasteiger charge is -2.11. The van der Waals surface area contributed by atoms with E-state index in [-0.39, 0.29) is 0 Å². The van der Waals surface area contributed by atoms with Crippen molar-refractivity contribution < 1.29 is 4.42 Å². The highest BCUT2D eigenvalue weighted by Crippen LogP contribution is 2.47. The molecular formula is C40H22N4O. The maximum atomic E-state index is 6.23. The van der Waals surface area contributed by atoms with Gasteiger partial charge in [0, 0.05) is 44.8 Å². The Morgan fingerprint density at radius 2 is 1.13 bits per heavy atom. The summed E-state index contributed by atoms with van der Waals surface area (Å²) in [6.07, 6.45) is 1.86. The molecule has 0 unspecified atom stereocenters. The van der Waals surface area contributed by atoms with E-state index in [0.717, 1.165) is 71.8 Å². The minimum atomic E-state index is 0.604. The van der Waals surface area contributed by atoms with Gasteiger partial charge in [0.05, 0.1) is 5.69 Å². The van der Waals surface area contributed by atoms with E-state index in [2.05, 4.69) is 91.0 Å². The first-order valence-electron chi connectivity index (χ1n) is 15.0. The van der Waals surface area contributed by atoms with Crippen LogP contribution >= 0.6 is 0 Å². The van der Waals surface area contributed by atoms with Crippen molar-refractivity contribution in [3.63, 3.8) is 0 Å². The molecule has 0 spiro atoms. The highest BCUT2D eigenvalue weighted by Gasteiger charge is 2.24. The van der Waals surface area contributed by atoms with Crippen molar-refractivity contribution in [3.05, 3.63) is 134 Å². The zero-order valence-corrected chi connectivity index (χ0v) is 23.9. The molecule has 9 aromatic rings. The highest BCUT2D eigenvalue weighted by atomic mass is 16.3. The van der Waals surface area contributed by atoms with Gasteiger partial charge < -0.3 is 4.42 Å². The van der Waals surface area contributed by atoms with E-state index in [0.29, 0.717) is 17.5 Å². The average Bonchev–Trinajstić information content (AvgIpc) is 3.65. The first kappa shape index (κ1) is 24.3. The number of hydrogen-bond acceptors (Lipinski definition) is 5. The standard InChI is InChI=1S/C40H22N4O/c1-2-9-24-20-26(18-17-23(24)8-1)38-42-39(27-21-25-10-5-12-30-35(25)32(22-27)28-14-7-19-41-37(28)30)44-40(43-38)31-13-6-16-34-36(31)29-11-3-4-15-33(29)45-34/h1-22H. The molecule has 0 fully saturated rings. The minimum absolute atomic E-state index is 0.604. The van der Waals surface area contributed by atoms with Crippen LogP contribution in [0.2, 0.25) is 0 Å². The molecule has 1 aliphatic carbocycles. The number of pyridine rings is 1. The summed E-state index contributed by atoms with van der Waals surface area (Å²) in [6, 6.07) is 43.8. The van der Waals surface area contributed by atoms with Crippen molar-refractivity contribution in [1.82, 2.24) is 19.9 Å². The maximum absolute atomic E-state index is 6.23. The second kappa shape index (κ2) is 9.15. The average molecular weight is 575 g/mol. The fourth-order valence-corrected chi connectivity index (χ4v) is 6.85. The number of para-hydroxylation sites is 1. The fourth-order valence-electron chi connectivity index (χ4n) is 6.85. The summed E-state index contributed by atoms with van der Waals surface area (Å²) in [7, 11) is 0. The van der Waals surface area contributed by atoms with Crippen molar-refractivity contribution in [2.45, 2.75) is 0 Å². The molecule has 0 N–H and O–H groups in total. The molecule has 5 heteroatoms. The third-order valence-electron chi connectivity index (χ3n) is 8.87. The Morgan fingerprint density at radius 1 is 0.422 bits per heavy atom. The van der Waals surface area contributed by atoms with Gasteiger partial charge in [0.1, 0.15) is 11.2 Å². The van der Waals surface area contributed by atoms with E-state index in [9.17, 15) is 0 Å². The largest absolute Gasteiger partial charge is 0.456 e. The maximum Gasteiger partial charge on any atom is 0.164 e. The predicted octanol–water partition coefficient (Wildman–Crippen LogP) is 10.1. The van der Waals surface area contributed by atoms with E-state index >= 15 is 0 Å². The lowest BCUT2D eigenvalue weighted by molar-refractivity contribution is 0.669. The summed E-state index contributed by atoms with van der Waals surface area (Å²) in [6.45, 7) is 0. The van der Waals surface area contributed by atoms with Crippen LogP contribution in [0.3, 0.4) is 0 Å². The van der Waals surface area contributed by atoms with Crippen molar-refractivity contribution >= 4 is 43.5 Å². The predicted molar refractivity (Wildman–Crippen MR) is 181 cm³/mol. The van der Waals surface area contributed by atoms with Crippen LogP contribution in [0, 0.1) is 0 Å². The molecule has 3 heterocycles. The number of rotatable bonds is 3. The molecular weight excluding hydrogens is 552 g/mol. The van der Waals surface area contributed by atoms with E-state index in [1.165, 1.54) is 10.8 Å². The molecule has 0 radical (unpaired) electrons. The van der Waals surface area contributed by atoms with E-state index < -0.39 is 0 Å². The van der Waals surface area contributed by atoms with Gasteiger partial charge in [-0.1, -0.05) is 91.0 Å². The summed E-state index contributed by atoms with van der Waals surface area (Å²) in [5.41, 5.74) is 8.88. The Hall–Kier alpha value is -6.20. The van der Waals surface area contributed by atoms with E-state index in [1.807, 2.05) is 42.6 Å². The van der Waals surface area contributed by atoms with E-state index in [4.69, 9.17) is 24.4 Å². The molecule has 0 aliphatic heterocycles. The van der Waals surface area contributed by atoms with Crippen LogP contribution in [0.1, 0.15) is 0 Å². The van der Waals surface area contributed by atoms with Crippen LogP contribution in [0.25, 0.3) is 100 Å². The van der Waals surface area contributed by atoms with Crippen LogP contribution in [0.5, 0.6) is 0 Å². The molecule has 45 heavy (non-hydrogen) atoms. The molecule has 0 saturated carbocycles. The molecule has 0 atom stereocenters. The molecule has 6 aromatic carbocycles.